The number of halogens is 1. The van der Waals surface area contributed by atoms with Gasteiger partial charge < -0.3 is 15.2 Å². The first kappa shape index (κ1) is 14.3. The van der Waals surface area contributed by atoms with Gasteiger partial charge in [0, 0.05) is 23.7 Å². The van der Waals surface area contributed by atoms with Crippen LogP contribution in [-0.4, -0.2) is 24.4 Å². The summed E-state index contributed by atoms with van der Waals surface area (Å²) in [6.07, 6.45) is 3.39. The van der Waals surface area contributed by atoms with Crippen molar-refractivity contribution in [1.29, 1.82) is 0 Å². The van der Waals surface area contributed by atoms with Crippen molar-refractivity contribution in [3.8, 4) is 5.75 Å². The molecule has 4 heteroatoms. The summed E-state index contributed by atoms with van der Waals surface area (Å²) in [7, 11) is 1.53. The Hall–Kier alpha value is -1.13. The van der Waals surface area contributed by atoms with E-state index in [-0.39, 0.29) is 18.0 Å². The van der Waals surface area contributed by atoms with Crippen molar-refractivity contribution in [3.05, 3.63) is 29.6 Å². The summed E-state index contributed by atoms with van der Waals surface area (Å²) >= 11 is 0. The Bertz CT molecular complexity index is 417. The van der Waals surface area contributed by atoms with E-state index < -0.39 is 0 Å². The van der Waals surface area contributed by atoms with E-state index in [0.29, 0.717) is 17.4 Å². The predicted octanol–water partition coefficient (Wildman–Crippen LogP) is 2.79. The van der Waals surface area contributed by atoms with Crippen molar-refractivity contribution in [2.24, 2.45) is 0 Å². The molecule has 1 aliphatic carbocycles. The lowest BCUT2D eigenvalue weighted by Crippen LogP contribution is -2.36. The molecule has 0 bridgehead atoms. The molecule has 0 saturated heterocycles. The summed E-state index contributed by atoms with van der Waals surface area (Å²) in [5, 5.41) is 12.9. The Morgan fingerprint density at radius 2 is 2.00 bits per heavy atom. The number of hydrogen-bond acceptors (Lipinski definition) is 3. The summed E-state index contributed by atoms with van der Waals surface area (Å²) < 4.78 is 18.9. The van der Waals surface area contributed by atoms with Gasteiger partial charge in [-0.25, -0.2) is 4.39 Å². The molecule has 0 radical (unpaired) electrons. The van der Waals surface area contributed by atoms with Gasteiger partial charge in [-0.3, -0.25) is 0 Å². The van der Waals surface area contributed by atoms with Crippen LogP contribution in [0.2, 0.25) is 0 Å². The standard InChI is InChI=1S/C15H22FNO2/c1-10(17-11-3-5-12(18)6-4-11)14-8-7-13(19-2)9-15(14)16/h7-12,17-18H,3-6H2,1-2H3/t10-,11?,12?/m0/s1. The maximum Gasteiger partial charge on any atom is 0.131 e. The monoisotopic (exact) mass is 267 g/mol. The Kier molecular flexibility index (Phi) is 4.77. The minimum atomic E-state index is -0.241. The van der Waals surface area contributed by atoms with Crippen molar-refractivity contribution < 1.29 is 14.2 Å². The van der Waals surface area contributed by atoms with Gasteiger partial charge in [0.25, 0.3) is 0 Å². The van der Waals surface area contributed by atoms with Gasteiger partial charge in [-0.1, -0.05) is 6.07 Å². The van der Waals surface area contributed by atoms with Crippen LogP contribution in [0.5, 0.6) is 5.75 Å². The summed E-state index contributed by atoms with van der Waals surface area (Å²) in [5.41, 5.74) is 0.659. The molecular formula is C15H22FNO2. The molecule has 1 aliphatic rings. The van der Waals surface area contributed by atoms with Crippen molar-refractivity contribution in [1.82, 2.24) is 5.32 Å². The van der Waals surface area contributed by atoms with Crippen LogP contribution in [0, 0.1) is 5.82 Å². The molecule has 0 spiro atoms. The van der Waals surface area contributed by atoms with Crippen LogP contribution >= 0.6 is 0 Å². The SMILES string of the molecule is COc1ccc([C@H](C)NC2CCC(O)CC2)c(F)c1. The van der Waals surface area contributed by atoms with Crippen LogP contribution in [0.4, 0.5) is 4.39 Å². The van der Waals surface area contributed by atoms with E-state index in [9.17, 15) is 9.50 Å². The van der Waals surface area contributed by atoms with Gasteiger partial charge in [0.2, 0.25) is 0 Å². The summed E-state index contributed by atoms with van der Waals surface area (Å²) in [6.45, 7) is 1.97. The Balaban J connectivity index is 1.97. The predicted molar refractivity (Wildman–Crippen MR) is 72.8 cm³/mol. The molecule has 2 N–H and O–H groups in total. The van der Waals surface area contributed by atoms with Crippen molar-refractivity contribution in [3.63, 3.8) is 0 Å². The van der Waals surface area contributed by atoms with Crippen molar-refractivity contribution >= 4 is 0 Å². The van der Waals surface area contributed by atoms with E-state index in [1.807, 2.05) is 6.92 Å². The lowest BCUT2D eigenvalue weighted by atomic mass is 9.92. The maximum atomic E-state index is 13.9. The normalized spacial score (nSPS) is 25.1. The number of nitrogens with one attached hydrogen (secondary N) is 1. The first-order chi connectivity index (χ1) is 9.10. The quantitative estimate of drug-likeness (QED) is 0.881. The van der Waals surface area contributed by atoms with E-state index >= 15 is 0 Å². The number of rotatable bonds is 4. The fraction of sp³-hybridized carbons (Fsp3) is 0.600. The molecule has 19 heavy (non-hydrogen) atoms. The molecule has 1 saturated carbocycles. The van der Waals surface area contributed by atoms with Gasteiger partial charge in [-0.15, -0.1) is 0 Å². The highest BCUT2D eigenvalue weighted by atomic mass is 19.1. The largest absolute Gasteiger partial charge is 0.497 e. The van der Waals surface area contributed by atoms with E-state index in [2.05, 4.69) is 5.32 Å². The first-order valence-electron chi connectivity index (χ1n) is 6.87. The highest BCUT2D eigenvalue weighted by molar-refractivity contribution is 5.30. The molecular weight excluding hydrogens is 245 g/mol. The molecule has 3 nitrogen and oxygen atoms in total. The topological polar surface area (TPSA) is 41.5 Å². The van der Waals surface area contributed by atoms with E-state index in [1.165, 1.54) is 13.2 Å². The van der Waals surface area contributed by atoms with E-state index in [1.54, 1.807) is 12.1 Å². The van der Waals surface area contributed by atoms with Gasteiger partial charge in [0.1, 0.15) is 11.6 Å². The van der Waals surface area contributed by atoms with Crippen LogP contribution in [0.3, 0.4) is 0 Å². The first-order valence-corrected chi connectivity index (χ1v) is 6.87. The molecule has 2 rings (SSSR count). The number of ether oxygens (including phenoxy) is 1. The molecule has 0 unspecified atom stereocenters. The molecule has 0 aromatic heterocycles. The molecule has 1 aromatic rings. The van der Waals surface area contributed by atoms with E-state index in [4.69, 9.17) is 4.74 Å². The fourth-order valence-corrected chi connectivity index (χ4v) is 2.67. The molecule has 1 aromatic carbocycles. The number of hydrogen-bond donors (Lipinski definition) is 2. The van der Waals surface area contributed by atoms with Crippen molar-refractivity contribution in [2.45, 2.75) is 50.8 Å². The smallest absolute Gasteiger partial charge is 0.131 e. The average Bonchev–Trinajstić information content (AvgIpc) is 2.41. The van der Waals surface area contributed by atoms with Crippen LogP contribution < -0.4 is 10.1 Å². The van der Waals surface area contributed by atoms with Gasteiger partial charge in [0.15, 0.2) is 0 Å². The van der Waals surface area contributed by atoms with Crippen molar-refractivity contribution in [2.75, 3.05) is 7.11 Å². The second kappa shape index (κ2) is 6.35. The zero-order chi connectivity index (χ0) is 13.8. The third-order valence-corrected chi connectivity index (χ3v) is 3.86. The van der Waals surface area contributed by atoms with Gasteiger partial charge in [-0.2, -0.15) is 0 Å². The highest BCUT2D eigenvalue weighted by Crippen LogP contribution is 2.25. The minimum Gasteiger partial charge on any atom is -0.497 e. The van der Waals surface area contributed by atoms with Crippen LogP contribution in [0.25, 0.3) is 0 Å². The number of methoxy groups -OCH3 is 1. The summed E-state index contributed by atoms with van der Waals surface area (Å²) in [4.78, 5) is 0. The molecule has 1 atom stereocenters. The average molecular weight is 267 g/mol. The highest BCUT2D eigenvalue weighted by Gasteiger charge is 2.22. The number of aliphatic hydroxyl groups is 1. The molecule has 0 aliphatic heterocycles. The number of aliphatic hydroxyl groups excluding tert-OH is 1. The van der Waals surface area contributed by atoms with Gasteiger partial charge in [0.05, 0.1) is 13.2 Å². The van der Waals surface area contributed by atoms with Gasteiger partial charge >= 0.3 is 0 Å². The lowest BCUT2D eigenvalue weighted by molar-refractivity contribution is 0.114. The number of benzene rings is 1. The minimum absolute atomic E-state index is 0.0360. The molecule has 1 fully saturated rings. The lowest BCUT2D eigenvalue weighted by Gasteiger charge is -2.29. The molecule has 0 amide bonds. The Labute approximate surface area is 113 Å². The zero-order valence-electron chi connectivity index (χ0n) is 11.5. The van der Waals surface area contributed by atoms with Crippen LogP contribution in [-0.2, 0) is 0 Å². The van der Waals surface area contributed by atoms with E-state index in [0.717, 1.165) is 25.7 Å². The van der Waals surface area contributed by atoms with Crippen LogP contribution in [0.1, 0.15) is 44.2 Å². The van der Waals surface area contributed by atoms with Gasteiger partial charge in [-0.05, 0) is 38.7 Å². The fourth-order valence-electron chi connectivity index (χ4n) is 2.67. The Morgan fingerprint density at radius 3 is 2.58 bits per heavy atom. The molecule has 0 heterocycles. The summed E-state index contributed by atoms with van der Waals surface area (Å²) in [6, 6.07) is 5.29. The Morgan fingerprint density at radius 1 is 1.32 bits per heavy atom. The third kappa shape index (κ3) is 3.67. The second-order valence-electron chi connectivity index (χ2n) is 5.28. The third-order valence-electron chi connectivity index (χ3n) is 3.86. The molecule has 106 valence electrons. The zero-order valence-corrected chi connectivity index (χ0v) is 11.5. The second-order valence-corrected chi connectivity index (χ2v) is 5.28. The van der Waals surface area contributed by atoms with Crippen LogP contribution in [0.15, 0.2) is 18.2 Å². The maximum absolute atomic E-state index is 13.9. The summed E-state index contributed by atoms with van der Waals surface area (Å²) in [5.74, 6) is 0.296.